The van der Waals surface area contributed by atoms with Crippen molar-refractivity contribution in [3.05, 3.63) is 47.8 Å². The summed E-state index contributed by atoms with van der Waals surface area (Å²) in [5.74, 6) is -0.853. The molecule has 1 aliphatic heterocycles. The number of hydrogen-bond donors (Lipinski definition) is 1. The van der Waals surface area contributed by atoms with Crippen LogP contribution in [0, 0.1) is 17.6 Å². The van der Waals surface area contributed by atoms with Crippen molar-refractivity contribution in [2.45, 2.75) is 32.4 Å². The molecule has 2 heterocycles. The fourth-order valence-corrected chi connectivity index (χ4v) is 3.07. The van der Waals surface area contributed by atoms with Crippen molar-refractivity contribution >= 4 is 0 Å². The molecule has 1 aromatic heterocycles. The molecule has 0 bridgehead atoms. The smallest absolute Gasteiger partial charge is 0.151 e. The Hall–Kier alpha value is -1.79. The predicted molar refractivity (Wildman–Crippen MR) is 83.2 cm³/mol. The van der Waals surface area contributed by atoms with Crippen LogP contribution in [-0.2, 0) is 6.54 Å². The first kappa shape index (κ1) is 16.1. The first-order valence-corrected chi connectivity index (χ1v) is 7.93. The number of likely N-dealkylation sites (tertiary alicyclic amines) is 1. The highest BCUT2D eigenvalue weighted by atomic mass is 19.1. The zero-order valence-electron chi connectivity index (χ0n) is 13.1. The number of nitrogens with zero attached hydrogens (tertiary/aromatic N) is 3. The van der Waals surface area contributed by atoms with Crippen LogP contribution in [0.15, 0.2) is 30.5 Å². The molecular weight excluding hydrogens is 300 g/mol. The summed E-state index contributed by atoms with van der Waals surface area (Å²) in [7, 11) is 0. The molecule has 4 nitrogen and oxygen atoms in total. The molecule has 0 spiro atoms. The summed E-state index contributed by atoms with van der Waals surface area (Å²) in [6.45, 7) is 4.39. The van der Waals surface area contributed by atoms with Crippen molar-refractivity contribution in [1.82, 2.24) is 14.7 Å². The highest BCUT2D eigenvalue weighted by Gasteiger charge is 2.23. The summed E-state index contributed by atoms with van der Waals surface area (Å²) >= 11 is 0. The lowest BCUT2D eigenvalue weighted by Crippen LogP contribution is -2.36. The lowest BCUT2D eigenvalue weighted by molar-refractivity contribution is 0.0691. The Morgan fingerprint density at radius 1 is 1.26 bits per heavy atom. The van der Waals surface area contributed by atoms with Crippen LogP contribution in [0.4, 0.5) is 8.78 Å². The molecule has 6 heteroatoms. The van der Waals surface area contributed by atoms with Crippen LogP contribution in [-0.4, -0.2) is 39.0 Å². The molecule has 3 rings (SSSR count). The van der Waals surface area contributed by atoms with E-state index in [1.54, 1.807) is 6.20 Å². The third-order valence-corrected chi connectivity index (χ3v) is 4.50. The van der Waals surface area contributed by atoms with E-state index in [1.807, 2.05) is 13.0 Å². The first-order chi connectivity index (χ1) is 11.0. The minimum atomic E-state index is -0.627. The predicted octanol–water partition coefficient (Wildman–Crippen LogP) is 2.74. The van der Waals surface area contributed by atoms with Crippen LogP contribution in [0.1, 0.15) is 25.5 Å². The Morgan fingerprint density at radius 2 is 2.00 bits per heavy atom. The lowest BCUT2D eigenvalue weighted by atomic mass is 9.92. The van der Waals surface area contributed by atoms with E-state index in [0.29, 0.717) is 12.5 Å². The van der Waals surface area contributed by atoms with Crippen LogP contribution in [0.2, 0.25) is 0 Å². The van der Waals surface area contributed by atoms with Crippen molar-refractivity contribution in [3.8, 4) is 5.69 Å². The van der Waals surface area contributed by atoms with E-state index >= 15 is 0 Å². The average Bonchev–Trinajstić information content (AvgIpc) is 2.96. The van der Waals surface area contributed by atoms with Gasteiger partial charge in [-0.25, -0.2) is 13.5 Å². The average molecular weight is 321 g/mol. The number of aromatic nitrogens is 2. The normalized spacial score (nSPS) is 18.3. The maximum atomic E-state index is 13.8. The van der Waals surface area contributed by atoms with Gasteiger partial charge in [0.1, 0.15) is 11.5 Å². The van der Waals surface area contributed by atoms with Crippen LogP contribution in [0.5, 0.6) is 0 Å². The number of halogens is 2. The van der Waals surface area contributed by atoms with Crippen LogP contribution < -0.4 is 0 Å². The van der Waals surface area contributed by atoms with E-state index in [4.69, 9.17) is 0 Å². The fourth-order valence-electron chi connectivity index (χ4n) is 3.07. The minimum Gasteiger partial charge on any atom is -0.393 e. The van der Waals surface area contributed by atoms with Gasteiger partial charge < -0.3 is 5.11 Å². The molecule has 0 unspecified atom stereocenters. The van der Waals surface area contributed by atoms with E-state index in [0.717, 1.165) is 37.7 Å². The molecule has 1 aromatic carbocycles. The second kappa shape index (κ2) is 6.76. The van der Waals surface area contributed by atoms with Crippen molar-refractivity contribution in [2.24, 2.45) is 5.92 Å². The van der Waals surface area contributed by atoms with Crippen molar-refractivity contribution in [2.75, 3.05) is 13.1 Å². The summed E-state index contributed by atoms with van der Waals surface area (Å²) in [5.41, 5.74) is 1.09. The molecule has 0 amide bonds. The Balaban J connectivity index is 1.64. The number of rotatable bonds is 4. The summed E-state index contributed by atoms with van der Waals surface area (Å²) in [6, 6.07) is 5.32. The highest BCUT2D eigenvalue weighted by molar-refractivity contribution is 5.33. The van der Waals surface area contributed by atoms with Gasteiger partial charge in [-0.2, -0.15) is 5.10 Å². The van der Waals surface area contributed by atoms with Gasteiger partial charge >= 0.3 is 0 Å². The number of hydrogen-bond acceptors (Lipinski definition) is 3. The molecule has 1 N–H and O–H groups in total. The van der Waals surface area contributed by atoms with Crippen molar-refractivity contribution in [3.63, 3.8) is 0 Å². The Labute approximate surface area is 134 Å². The van der Waals surface area contributed by atoms with Crippen molar-refractivity contribution in [1.29, 1.82) is 0 Å². The molecule has 1 aliphatic rings. The Morgan fingerprint density at radius 3 is 2.65 bits per heavy atom. The monoisotopic (exact) mass is 321 g/mol. The Kier molecular flexibility index (Phi) is 4.73. The summed E-state index contributed by atoms with van der Waals surface area (Å²) < 4.78 is 28.2. The number of benzene rings is 1. The molecule has 1 fully saturated rings. The maximum absolute atomic E-state index is 13.8. The summed E-state index contributed by atoms with van der Waals surface area (Å²) in [6.07, 6.45) is 3.39. The molecule has 124 valence electrons. The molecule has 1 atom stereocenters. The van der Waals surface area contributed by atoms with Gasteiger partial charge in [0.25, 0.3) is 0 Å². The largest absolute Gasteiger partial charge is 0.393 e. The van der Waals surface area contributed by atoms with E-state index in [9.17, 15) is 13.9 Å². The quantitative estimate of drug-likeness (QED) is 0.941. The maximum Gasteiger partial charge on any atom is 0.151 e. The molecule has 23 heavy (non-hydrogen) atoms. The highest BCUT2D eigenvalue weighted by Crippen LogP contribution is 2.22. The van der Waals surface area contributed by atoms with Gasteiger partial charge in [0.15, 0.2) is 5.82 Å². The second-order valence-corrected chi connectivity index (χ2v) is 6.20. The zero-order valence-corrected chi connectivity index (χ0v) is 13.1. The van der Waals surface area contributed by atoms with Gasteiger partial charge in [0.2, 0.25) is 0 Å². The van der Waals surface area contributed by atoms with Gasteiger partial charge in [-0.05, 0) is 57.0 Å². The van der Waals surface area contributed by atoms with Crippen LogP contribution in [0.3, 0.4) is 0 Å². The molecule has 2 aromatic rings. The van der Waals surface area contributed by atoms with E-state index < -0.39 is 11.6 Å². The standard InChI is InChI=1S/C17H21F2N3O/c1-12(23)13-4-7-21(8-5-13)11-15-6-9-22(20-15)17-3-2-14(18)10-16(17)19/h2-3,6,9-10,12-13,23H,4-5,7-8,11H2,1H3/t12-/m1/s1. The van der Waals surface area contributed by atoms with Crippen LogP contribution in [0.25, 0.3) is 5.69 Å². The SMILES string of the molecule is C[C@@H](O)C1CCN(Cc2ccn(-c3ccc(F)cc3F)n2)CC1. The number of aliphatic hydroxyl groups is 1. The number of piperidine rings is 1. The third-order valence-electron chi connectivity index (χ3n) is 4.50. The van der Waals surface area contributed by atoms with E-state index in [2.05, 4.69) is 10.00 Å². The van der Waals surface area contributed by atoms with Gasteiger partial charge in [-0.1, -0.05) is 0 Å². The van der Waals surface area contributed by atoms with Crippen LogP contribution >= 0.6 is 0 Å². The minimum absolute atomic E-state index is 0.241. The molecular formula is C17H21F2N3O. The second-order valence-electron chi connectivity index (χ2n) is 6.20. The van der Waals surface area contributed by atoms with Gasteiger partial charge in [0.05, 0.1) is 11.8 Å². The van der Waals surface area contributed by atoms with Gasteiger partial charge in [-0.15, -0.1) is 0 Å². The zero-order chi connectivity index (χ0) is 16.4. The topological polar surface area (TPSA) is 41.3 Å². The molecule has 0 aliphatic carbocycles. The molecule has 1 saturated heterocycles. The first-order valence-electron chi connectivity index (χ1n) is 7.93. The fraction of sp³-hybridized carbons (Fsp3) is 0.471. The molecule has 0 saturated carbocycles. The number of aliphatic hydroxyl groups excluding tert-OH is 1. The van der Waals surface area contributed by atoms with E-state index in [-0.39, 0.29) is 11.8 Å². The third kappa shape index (κ3) is 3.76. The molecule has 0 radical (unpaired) electrons. The summed E-state index contributed by atoms with van der Waals surface area (Å²) in [4.78, 5) is 2.28. The van der Waals surface area contributed by atoms with Gasteiger partial charge in [0, 0.05) is 18.8 Å². The summed E-state index contributed by atoms with van der Waals surface area (Å²) in [5, 5.41) is 14.0. The Bertz CT molecular complexity index is 664. The van der Waals surface area contributed by atoms with Gasteiger partial charge in [-0.3, -0.25) is 4.90 Å². The lowest BCUT2D eigenvalue weighted by Gasteiger charge is -2.32. The van der Waals surface area contributed by atoms with E-state index in [1.165, 1.54) is 16.8 Å². The van der Waals surface area contributed by atoms with Crippen molar-refractivity contribution < 1.29 is 13.9 Å².